The van der Waals surface area contributed by atoms with Gasteiger partial charge in [0.2, 0.25) is 0 Å². The zero-order chi connectivity index (χ0) is 11.4. The van der Waals surface area contributed by atoms with Crippen molar-refractivity contribution in [3.63, 3.8) is 0 Å². The smallest absolute Gasteiger partial charge is 0.0369 e. The number of pyridine rings is 1. The summed E-state index contributed by atoms with van der Waals surface area (Å²) in [7, 11) is 2.02. The number of rotatable bonds is 4. The first-order valence-electron chi connectivity index (χ1n) is 5.41. The Labute approximate surface area is 100 Å². The first-order chi connectivity index (χ1) is 7.81. The molecule has 0 saturated heterocycles. The molecule has 0 bridgehead atoms. The maximum Gasteiger partial charge on any atom is 0.0369 e. The Morgan fingerprint density at radius 2 is 2.06 bits per heavy atom. The van der Waals surface area contributed by atoms with E-state index in [9.17, 15) is 0 Å². The van der Waals surface area contributed by atoms with Gasteiger partial charge in [-0.3, -0.25) is 4.98 Å². The van der Waals surface area contributed by atoms with Gasteiger partial charge >= 0.3 is 0 Å². The minimum atomic E-state index is 0.397. The van der Waals surface area contributed by atoms with E-state index in [4.69, 9.17) is 0 Å². The van der Waals surface area contributed by atoms with Gasteiger partial charge in [-0.05, 0) is 55.1 Å². The molecule has 1 atom stereocenters. The van der Waals surface area contributed by atoms with Gasteiger partial charge in [-0.25, -0.2) is 0 Å². The van der Waals surface area contributed by atoms with Gasteiger partial charge in [-0.15, -0.1) is 11.3 Å². The van der Waals surface area contributed by atoms with Crippen LogP contribution in [0.25, 0.3) is 0 Å². The van der Waals surface area contributed by atoms with Crippen molar-refractivity contribution in [2.75, 3.05) is 7.05 Å². The van der Waals surface area contributed by atoms with Crippen LogP contribution in [0.15, 0.2) is 36.0 Å². The Morgan fingerprint density at radius 1 is 1.31 bits per heavy atom. The van der Waals surface area contributed by atoms with E-state index in [1.807, 2.05) is 19.4 Å². The maximum atomic E-state index is 4.04. The van der Waals surface area contributed by atoms with Crippen molar-refractivity contribution in [3.8, 4) is 0 Å². The standard InChI is InChI=1S/C13H16N2S/c1-10-12(5-8-16-10)13(14-2)9-11-3-6-15-7-4-11/h3-8,13-14H,9H2,1-2H3. The van der Waals surface area contributed by atoms with E-state index in [1.165, 1.54) is 16.0 Å². The molecule has 16 heavy (non-hydrogen) atoms. The molecule has 2 nitrogen and oxygen atoms in total. The summed E-state index contributed by atoms with van der Waals surface area (Å²) in [5, 5.41) is 5.53. The first-order valence-corrected chi connectivity index (χ1v) is 6.29. The highest BCUT2D eigenvalue weighted by molar-refractivity contribution is 7.10. The molecule has 1 N–H and O–H groups in total. The van der Waals surface area contributed by atoms with Crippen molar-refractivity contribution in [2.45, 2.75) is 19.4 Å². The Kier molecular flexibility index (Phi) is 3.70. The van der Waals surface area contributed by atoms with E-state index in [0.29, 0.717) is 6.04 Å². The van der Waals surface area contributed by atoms with E-state index >= 15 is 0 Å². The second-order valence-electron chi connectivity index (χ2n) is 3.83. The fourth-order valence-corrected chi connectivity index (χ4v) is 2.64. The van der Waals surface area contributed by atoms with Crippen LogP contribution in [0.5, 0.6) is 0 Å². The fraction of sp³-hybridized carbons (Fsp3) is 0.308. The molecule has 0 aromatic carbocycles. The molecule has 0 aliphatic carbocycles. The van der Waals surface area contributed by atoms with Crippen LogP contribution in [0.3, 0.4) is 0 Å². The quantitative estimate of drug-likeness (QED) is 0.876. The predicted octanol–water partition coefficient (Wildman–Crippen LogP) is 2.95. The van der Waals surface area contributed by atoms with Gasteiger partial charge in [0.1, 0.15) is 0 Å². The number of aryl methyl sites for hydroxylation is 1. The molecule has 0 radical (unpaired) electrons. The third-order valence-corrected chi connectivity index (χ3v) is 3.67. The summed E-state index contributed by atoms with van der Waals surface area (Å²) in [5.74, 6) is 0. The highest BCUT2D eigenvalue weighted by Crippen LogP contribution is 2.25. The molecule has 1 unspecified atom stereocenters. The lowest BCUT2D eigenvalue weighted by molar-refractivity contribution is 0.591. The Hall–Kier alpha value is -1.19. The van der Waals surface area contributed by atoms with Gasteiger partial charge < -0.3 is 5.32 Å². The summed E-state index contributed by atoms with van der Waals surface area (Å²) in [4.78, 5) is 5.44. The van der Waals surface area contributed by atoms with Crippen molar-refractivity contribution in [1.82, 2.24) is 10.3 Å². The second kappa shape index (κ2) is 5.23. The fourth-order valence-electron chi connectivity index (χ4n) is 1.88. The highest BCUT2D eigenvalue weighted by Gasteiger charge is 2.12. The first kappa shape index (κ1) is 11.3. The molecular formula is C13H16N2S. The van der Waals surface area contributed by atoms with Crippen molar-refractivity contribution in [2.24, 2.45) is 0 Å². The van der Waals surface area contributed by atoms with Crippen LogP contribution in [0.1, 0.15) is 22.0 Å². The SMILES string of the molecule is CNC(Cc1ccncc1)c1ccsc1C. The van der Waals surface area contributed by atoms with Crippen LogP contribution < -0.4 is 5.32 Å². The third kappa shape index (κ3) is 2.49. The average molecular weight is 232 g/mol. The minimum absolute atomic E-state index is 0.397. The van der Waals surface area contributed by atoms with Crippen LogP contribution in [-0.4, -0.2) is 12.0 Å². The van der Waals surface area contributed by atoms with E-state index in [-0.39, 0.29) is 0 Å². The van der Waals surface area contributed by atoms with Gasteiger partial charge in [-0.1, -0.05) is 0 Å². The van der Waals surface area contributed by atoms with Gasteiger partial charge in [0.15, 0.2) is 0 Å². The average Bonchev–Trinajstić information content (AvgIpc) is 2.74. The molecule has 2 heterocycles. The molecule has 0 aliphatic rings. The van der Waals surface area contributed by atoms with Gasteiger partial charge in [0.25, 0.3) is 0 Å². The molecule has 2 aromatic rings. The van der Waals surface area contributed by atoms with Crippen LogP contribution in [0, 0.1) is 6.92 Å². The van der Waals surface area contributed by atoms with Crippen LogP contribution in [-0.2, 0) is 6.42 Å². The van der Waals surface area contributed by atoms with Gasteiger partial charge in [0.05, 0.1) is 0 Å². The lowest BCUT2D eigenvalue weighted by atomic mass is 10.0. The Morgan fingerprint density at radius 3 is 2.62 bits per heavy atom. The van der Waals surface area contributed by atoms with Crippen LogP contribution in [0.2, 0.25) is 0 Å². The van der Waals surface area contributed by atoms with Crippen LogP contribution in [0.4, 0.5) is 0 Å². The number of hydrogen-bond donors (Lipinski definition) is 1. The summed E-state index contributed by atoms with van der Waals surface area (Å²) in [5.41, 5.74) is 2.73. The van der Waals surface area contributed by atoms with Crippen molar-refractivity contribution in [3.05, 3.63) is 52.0 Å². The molecule has 0 aliphatic heterocycles. The van der Waals surface area contributed by atoms with Gasteiger partial charge in [-0.2, -0.15) is 0 Å². The van der Waals surface area contributed by atoms with Crippen molar-refractivity contribution < 1.29 is 0 Å². The lowest BCUT2D eigenvalue weighted by Gasteiger charge is -2.16. The minimum Gasteiger partial charge on any atom is -0.313 e. The van der Waals surface area contributed by atoms with Crippen molar-refractivity contribution >= 4 is 11.3 Å². The summed E-state index contributed by atoms with van der Waals surface area (Å²) >= 11 is 1.81. The largest absolute Gasteiger partial charge is 0.313 e. The summed E-state index contributed by atoms with van der Waals surface area (Å²) in [6.45, 7) is 2.18. The zero-order valence-corrected chi connectivity index (χ0v) is 10.4. The monoisotopic (exact) mass is 232 g/mol. The summed E-state index contributed by atoms with van der Waals surface area (Å²) < 4.78 is 0. The molecular weight excluding hydrogens is 216 g/mol. The number of likely N-dealkylation sites (N-methyl/N-ethyl adjacent to an activating group) is 1. The number of nitrogens with zero attached hydrogens (tertiary/aromatic N) is 1. The summed E-state index contributed by atoms with van der Waals surface area (Å²) in [6, 6.07) is 6.76. The predicted molar refractivity (Wildman–Crippen MR) is 68.8 cm³/mol. The Bertz CT molecular complexity index is 436. The maximum absolute atomic E-state index is 4.04. The topological polar surface area (TPSA) is 24.9 Å². The highest BCUT2D eigenvalue weighted by atomic mass is 32.1. The number of thiophene rings is 1. The van der Waals surface area contributed by atoms with E-state index in [1.54, 1.807) is 11.3 Å². The van der Waals surface area contributed by atoms with Gasteiger partial charge in [0, 0.05) is 23.3 Å². The molecule has 3 heteroatoms. The molecule has 0 spiro atoms. The van der Waals surface area contributed by atoms with E-state index in [2.05, 4.69) is 40.8 Å². The zero-order valence-electron chi connectivity index (χ0n) is 9.60. The second-order valence-corrected chi connectivity index (χ2v) is 4.95. The number of aromatic nitrogens is 1. The lowest BCUT2D eigenvalue weighted by Crippen LogP contribution is -2.18. The molecule has 84 valence electrons. The molecule has 0 amide bonds. The Balaban J connectivity index is 2.16. The van der Waals surface area contributed by atoms with Crippen LogP contribution >= 0.6 is 11.3 Å². The van der Waals surface area contributed by atoms with E-state index < -0.39 is 0 Å². The third-order valence-electron chi connectivity index (χ3n) is 2.81. The molecule has 0 fully saturated rings. The van der Waals surface area contributed by atoms with E-state index in [0.717, 1.165) is 6.42 Å². The normalized spacial score (nSPS) is 12.6. The van der Waals surface area contributed by atoms with Crippen molar-refractivity contribution in [1.29, 1.82) is 0 Å². The molecule has 0 saturated carbocycles. The number of hydrogen-bond acceptors (Lipinski definition) is 3. The molecule has 2 aromatic heterocycles. The molecule has 2 rings (SSSR count). The number of nitrogens with one attached hydrogen (secondary N) is 1. The summed E-state index contributed by atoms with van der Waals surface area (Å²) in [6.07, 6.45) is 4.71.